The van der Waals surface area contributed by atoms with Gasteiger partial charge in [0.25, 0.3) is 5.91 Å². The van der Waals surface area contributed by atoms with E-state index in [1.165, 1.54) is 0 Å². The molecule has 0 spiro atoms. The highest BCUT2D eigenvalue weighted by Gasteiger charge is 2.46. The molecule has 1 aliphatic heterocycles. The van der Waals surface area contributed by atoms with Crippen molar-refractivity contribution in [3.8, 4) is 16.9 Å². The predicted octanol–water partition coefficient (Wildman–Crippen LogP) is 3.58. The van der Waals surface area contributed by atoms with E-state index >= 15 is 0 Å². The Labute approximate surface area is 188 Å². The van der Waals surface area contributed by atoms with Crippen molar-refractivity contribution in [1.29, 1.82) is 0 Å². The number of hydrogen-bond acceptors (Lipinski definition) is 4. The van der Waals surface area contributed by atoms with Crippen LogP contribution in [0.1, 0.15) is 22.3 Å². The molecule has 164 valence electrons. The number of ether oxygens (including phenoxy) is 1. The predicted molar refractivity (Wildman–Crippen MR) is 123 cm³/mol. The molecule has 1 saturated heterocycles. The summed E-state index contributed by atoms with van der Waals surface area (Å²) < 4.78 is 5.37. The summed E-state index contributed by atoms with van der Waals surface area (Å²) in [5.41, 5.74) is 2.94. The minimum atomic E-state index is -0.704. The second kappa shape index (κ2) is 9.22. The maximum Gasteiger partial charge on any atom is 0.257 e. The van der Waals surface area contributed by atoms with Gasteiger partial charge in [-0.2, -0.15) is 0 Å². The van der Waals surface area contributed by atoms with Gasteiger partial charge in [-0.05, 0) is 42.2 Å². The zero-order chi connectivity index (χ0) is 22.6. The molecule has 0 bridgehead atoms. The van der Waals surface area contributed by atoms with Crippen molar-refractivity contribution in [3.05, 3.63) is 84.2 Å². The molecule has 1 aromatic heterocycles. The summed E-state index contributed by atoms with van der Waals surface area (Å²) in [6, 6.07) is 19.2. The number of nitrogens with zero attached hydrogens (tertiary/aromatic N) is 2. The van der Waals surface area contributed by atoms with Gasteiger partial charge in [-0.3, -0.25) is 14.6 Å². The lowest BCUT2D eigenvalue weighted by Crippen LogP contribution is -2.44. The van der Waals surface area contributed by atoms with Crippen LogP contribution in [0.3, 0.4) is 0 Å². The van der Waals surface area contributed by atoms with E-state index in [0.29, 0.717) is 37.2 Å². The molecule has 1 aliphatic rings. The van der Waals surface area contributed by atoms with E-state index in [1.54, 1.807) is 37.4 Å². The first kappa shape index (κ1) is 21.6. The molecule has 32 heavy (non-hydrogen) atoms. The molecule has 2 amide bonds. The number of carbonyl (C=O) groups is 2. The van der Waals surface area contributed by atoms with Crippen LogP contribution in [0.4, 0.5) is 0 Å². The Kier molecular flexibility index (Phi) is 6.21. The fourth-order valence-electron chi connectivity index (χ4n) is 4.56. The van der Waals surface area contributed by atoms with Crippen LogP contribution in [0, 0.1) is 5.41 Å². The number of carbonyl (C=O) groups excluding carboxylic acids is 2. The number of benzene rings is 2. The Hall–Kier alpha value is -3.67. The topological polar surface area (TPSA) is 71.5 Å². The fourth-order valence-corrected chi connectivity index (χ4v) is 4.56. The first-order chi connectivity index (χ1) is 15.6. The molecule has 0 aliphatic carbocycles. The molecule has 4 rings (SSSR count). The average molecular weight is 430 g/mol. The molecule has 1 N–H and O–H groups in total. The molecule has 3 aromatic rings. The van der Waals surface area contributed by atoms with Crippen LogP contribution >= 0.6 is 0 Å². The molecule has 0 radical (unpaired) electrons. The van der Waals surface area contributed by atoms with Gasteiger partial charge in [0.05, 0.1) is 18.1 Å². The number of hydrogen-bond donors (Lipinski definition) is 1. The third kappa shape index (κ3) is 4.08. The summed E-state index contributed by atoms with van der Waals surface area (Å²) >= 11 is 0. The lowest BCUT2D eigenvalue weighted by molar-refractivity contribution is -0.129. The van der Waals surface area contributed by atoms with Crippen LogP contribution in [0.5, 0.6) is 5.75 Å². The first-order valence-corrected chi connectivity index (χ1v) is 10.7. The van der Waals surface area contributed by atoms with E-state index in [2.05, 4.69) is 22.4 Å². The van der Waals surface area contributed by atoms with E-state index in [4.69, 9.17) is 4.74 Å². The van der Waals surface area contributed by atoms with E-state index in [-0.39, 0.29) is 11.8 Å². The summed E-state index contributed by atoms with van der Waals surface area (Å²) in [7, 11) is 3.21. The molecule has 6 nitrogen and oxygen atoms in total. The standard InChI is InChI=1S/C26H27N3O3/c1-27-25(31)26(16-19-8-3-4-10-21(19)20-9-7-14-28-17-20)13-15-29(18-26)24(30)22-11-5-6-12-23(22)32-2/h3-12,14,17H,13,15-16,18H2,1-2H3,(H,27,31)/t26-/m1/s1. The molecule has 1 fully saturated rings. The van der Waals surface area contributed by atoms with Crippen LogP contribution < -0.4 is 10.1 Å². The van der Waals surface area contributed by atoms with Gasteiger partial charge in [0, 0.05) is 38.1 Å². The molecule has 0 saturated carbocycles. The quantitative estimate of drug-likeness (QED) is 0.650. The Balaban J connectivity index is 1.65. The molecule has 2 heterocycles. The van der Waals surface area contributed by atoms with Crippen LogP contribution in [0.15, 0.2) is 73.1 Å². The molecule has 1 atom stereocenters. The van der Waals surface area contributed by atoms with Crippen molar-refractivity contribution < 1.29 is 14.3 Å². The summed E-state index contributed by atoms with van der Waals surface area (Å²) in [6.45, 7) is 0.865. The Bertz CT molecular complexity index is 1120. The number of likely N-dealkylation sites (tertiary alicyclic amines) is 1. The number of methoxy groups -OCH3 is 1. The van der Waals surface area contributed by atoms with Crippen LogP contribution in [0.2, 0.25) is 0 Å². The van der Waals surface area contributed by atoms with E-state index < -0.39 is 5.41 Å². The van der Waals surface area contributed by atoms with Gasteiger partial charge in [0.15, 0.2) is 0 Å². The van der Waals surface area contributed by atoms with Crippen molar-refractivity contribution in [2.45, 2.75) is 12.8 Å². The van der Waals surface area contributed by atoms with E-state index in [1.807, 2.05) is 42.6 Å². The third-order valence-corrected chi connectivity index (χ3v) is 6.21. The Morgan fingerprint density at radius 3 is 2.62 bits per heavy atom. The average Bonchev–Trinajstić information content (AvgIpc) is 3.29. The summed E-state index contributed by atoms with van der Waals surface area (Å²) in [4.78, 5) is 32.4. The second-order valence-corrected chi connectivity index (χ2v) is 8.11. The van der Waals surface area contributed by atoms with Crippen LogP contribution in [-0.4, -0.2) is 48.9 Å². The number of amides is 2. The van der Waals surface area contributed by atoms with Crippen LogP contribution in [0.25, 0.3) is 11.1 Å². The summed E-state index contributed by atoms with van der Waals surface area (Å²) in [6.07, 6.45) is 4.70. The second-order valence-electron chi connectivity index (χ2n) is 8.11. The molecule has 2 aromatic carbocycles. The number of rotatable bonds is 6. The van der Waals surface area contributed by atoms with Gasteiger partial charge in [-0.1, -0.05) is 42.5 Å². The SMILES string of the molecule is CNC(=O)[C@@]1(Cc2ccccc2-c2cccnc2)CCN(C(=O)c2ccccc2OC)C1. The fraction of sp³-hybridized carbons (Fsp3) is 0.269. The largest absolute Gasteiger partial charge is 0.496 e. The first-order valence-electron chi connectivity index (χ1n) is 10.7. The zero-order valence-corrected chi connectivity index (χ0v) is 18.4. The van der Waals surface area contributed by atoms with E-state index in [0.717, 1.165) is 16.7 Å². The maximum atomic E-state index is 13.3. The van der Waals surface area contributed by atoms with Crippen molar-refractivity contribution in [1.82, 2.24) is 15.2 Å². The minimum Gasteiger partial charge on any atom is -0.496 e. The van der Waals surface area contributed by atoms with Gasteiger partial charge >= 0.3 is 0 Å². The van der Waals surface area contributed by atoms with E-state index in [9.17, 15) is 9.59 Å². The van der Waals surface area contributed by atoms with Crippen LogP contribution in [-0.2, 0) is 11.2 Å². The molecular weight excluding hydrogens is 402 g/mol. The van der Waals surface area contributed by atoms with Gasteiger partial charge in [-0.25, -0.2) is 0 Å². The highest BCUT2D eigenvalue weighted by Crippen LogP contribution is 2.38. The lowest BCUT2D eigenvalue weighted by Gasteiger charge is -2.29. The highest BCUT2D eigenvalue weighted by molar-refractivity contribution is 5.98. The highest BCUT2D eigenvalue weighted by atomic mass is 16.5. The zero-order valence-electron chi connectivity index (χ0n) is 18.4. The number of aromatic nitrogens is 1. The van der Waals surface area contributed by atoms with Gasteiger partial charge in [0.2, 0.25) is 5.91 Å². The van der Waals surface area contributed by atoms with Crippen molar-refractivity contribution in [3.63, 3.8) is 0 Å². The number of nitrogens with one attached hydrogen (secondary N) is 1. The maximum absolute atomic E-state index is 13.3. The van der Waals surface area contributed by atoms with Gasteiger partial charge in [0.1, 0.15) is 5.75 Å². The monoisotopic (exact) mass is 429 g/mol. The number of pyridine rings is 1. The van der Waals surface area contributed by atoms with Crippen molar-refractivity contribution in [2.24, 2.45) is 5.41 Å². The third-order valence-electron chi connectivity index (χ3n) is 6.21. The Morgan fingerprint density at radius 2 is 1.88 bits per heavy atom. The lowest BCUT2D eigenvalue weighted by atomic mass is 9.78. The van der Waals surface area contributed by atoms with Crippen molar-refractivity contribution >= 4 is 11.8 Å². The molecular formula is C26H27N3O3. The summed E-state index contributed by atoms with van der Waals surface area (Å²) in [5.74, 6) is 0.374. The molecule has 0 unspecified atom stereocenters. The Morgan fingerprint density at radius 1 is 1.09 bits per heavy atom. The number of para-hydroxylation sites is 1. The summed E-state index contributed by atoms with van der Waals surface area (Å²) in [5, 5.41) is 2.84. The van der Waals surface area contributed by atoms with Gasteiger partial charge < -0.3 is 15.0 Å². The smallest absolute Gasteiger partial charge is 0.257 e. The van der Waals surface area contributed by atoms with Gasteiger partial charge in [-0.15, -0.1) is 0 Å². The van der Waals surface area contributed by atoms with Crippen molar-refractivity contribution in [2.75, 3.05) is 27.2 Å². The normalized spacial score (nSPS) is 17.8. The minimum absolute atomic E-state index is 0.0474. The molecule has 6 heteroatoms.